The standard InChI is InChI=1S/C40H34O16/c1-50-29-12-20(13-30(51-2)34(29)46)38-39(23-16-26(19-6-9-24(43)25(44)11-19)53-27-14-22(42)15-28(54-38)33(23)27)56-40-37(49)36(48)35(47)31(55-40)17-52-32(45)10-5-18-3-7-21(41)8-4-18/h3-16,31,35-37,40-41,43-44,46-49H,17H2,1-2H3/p+1/t31-,35-,36+,37-,40+/m1/s1. The lowest BCUT2D eigenvalue weighted by atomic mass is 9.99. The van der Waals surface area contributed by atoms with E-state index in [0.29, 0.717) is 5.56 Å². The molecular weight excluding hydrogens is 736 g/mol. The van der Waals surface area contributed by atoms with E-state index in [2.05, 4.69) is 0 Å². The van der Waals surface area contributed by atoms with Crippen LogP contribution in [0, 0.1) is 0 Å². The maximum absolute atomic E-state index is 12.6. The molecule has 0 spiro atoms. The number of benzene rings is 4. The monoisotopic (exact) mass is 771 g/mol. The van der Waals surface area contributed by atoms with Crippen molar-refractivity contribution in [3.63, 3.8) is 0 Å². The molecule has 1 aliphatic rings. The molecule has 1 fully saturated rings. The summed E-state index contributed by atoms with van der Waals surface area (Å²) in [5.41, 5.74) is 0.974. The number of phenolic OH excluding ortho intramolecular Hbond substituents is 4. The Kier molecular flexibility index (Phi) is 10.2. The fourth-order valence-corrected chi connectivity index (χ4v) is 6.19. The van der Waals surface area contributed by atoms with Gasteiger partial charge >= 0.3 is 11.4 Å². The predicted octanol–water partition coefficient (Wildman–Crippen LogP) is 3.80. The number of hydrogen-bond acceptors (Lipinski definition) is 15. The number of rotatable bonds is 10. The van der Waals surface area contributed by atoms with E-state index in [1.165, 1.54) is 81.0 Å². The van der Waals surface area contributed by atoms with Crippen LogP contribution in [-0.4, -0.2) is 98.0 Å². The molecule has 290 valence electrons. The van der Waals surface area contributed by atoms with Crippen LogP contribution in [0.2, 0.25) is 0 Å². The second-order valence-electron chi connectivity index (χ2n) is 12.7. The van der Waals surface area contributed by atoms with Crippen molar-refractivity contribution in [1.29, 1.82) is 0 Å². The molecule has 8 N–H and O–H groups in total. The third kappa shape index (κ3) is 7.24. The highest BCUT2D eigenvalue weighted by Crippen LogP contribution is 2.48. The molecule has 7 rings (SSSR count). The average molecular weight is 772 g/mol. The summed E-state index contributed by atoms with van der Waals surface area (Å²) in [6.07, 6.45) is -6.11. The van der Waals surface area contributed by atoms with Crippen molar-refractivity contribution in [1.82, 2.24) is 0 Å². The van der Waals surface area contributed by atoms with Crippen LogP contribution in [0.25, 0.3) is 50.7 Å². The fourth-order valence-electron chi connectivity index (χ4n) is 6.19. The summed E-state index contributed by atoms with van der Waals surface area (Å²) in [6, 6.07) is 16.9. The smallest absolute Gasteiger partial charge is 0.347 e. The first-order valence-electron chi connectivity index (χ1n) is 16.9. The zero-order valence-corrected chi connectivity index (χ0v) is 29.5. The molecular formula is C40H35O16+. The minimum Gasteiger partial charge on any atom is -0.508 e. The van der Waals surface area contributed by atoms with E-state index in [9.17, 15) is 45.3 Å². The topological polar surface area (TPSA) is 253 Å². The summed E-state index contributed by atoms with van der Waals surface area (Å²) in [4.78, 5) is 23.3. The highest BCUT2D eigenvalue weighted by molar-refractivity contribution is 6.10. The van der Waals surface area contributed by atoms with Gasteiger partial charge in [0, 0.05) is 22.6 Å². The van der Waals surface area contributed by atoms with Crippen molar-refractivity contribution in [2.75, 3.05) is 20.8 Å². The van der Waals surface area contributed by atoms with E-state index in [-0.39, 0.29) is 84.5 Å². The van der Waals surface area contributed by atoms with Crippen LogP contribution in [0.4, 0.5) is 0 Å². The molecule has 0 aliphatic carbocycles. The number of carbonyl (C=O) groups excluding carboxylic acids is 1. The highest BCUT2D eigenvalue weighted by Gasteiger charge is 2.46. The molecule has 2 aromatic heterocycles. The maximum Gasteiger partial charge on any atom is 0.347 e. The van der Waals surface area contributed by atoms with Gasteiger partial charge < -0.3 is 68.3 Å². The van der Waals surface area contributed by atoms with Gasteiger partial charge in [0.15, 0.2) is 34.5 Å². The Hall–Kier alpha value is -6.72. The Morgan fingerprint density at radius 1 is 0.786 bits per heavy atom. The van der Waals surface area contributed by atoms with Gasteiger partial charge in [0.05, 0.1) is 31.7 Å². The second-order valence-corrected chi connectivity index (χ2v) is 12.7. The van der Waals surface area contributed by atoms with E-state index in [1.54, 1.807) is 12.1 Å². The summed E-state index contributed by atoms with van der Waals surface area (Å²) in [5.74, 6) is -2.14. The maximum atomic E-state index is 12.6. The quantitative estimate of drug-likeness (QED) is 0.0453. The molecule has 4 aromatic carbocycles. The number of aromatic hydroxyl groups is 4. The van der Waals surface area contributed by atoms with Gasteiger partial charge in [-0.25, -0.2) is 4.79 Å². The molecule has 3 heterocycles. The van der Waals surface area contributed by atoms with Crippen molar-refractivity contribution in [3.05, 3.63) is 89.9 Å². The van der Waals surface area contributed by atoms with Gasteiger partial charge in [-0.05, 0) is 60.2 Å². The van der Waals surface area contributed by atoms with Crippen LogP contribution in [-0.2, 0) is 14.3 Å². The number of carbonyl (C=O) groups is 1. The van der Waals surface area contributed by atoms with Crippen molar-refractivity contribution < 1.29 is 77.9 Å². The van der Waals surface area contributed by atoms with Gasteiger partial charge in [0.25, 0.3) is 0 Å². The van der Waals surface area contributed by atoms with Crippen LogP contribution in [0.1, 0.15) is 5.56 Å². The number of aliphatic hydroxyl groups excluding tert-OH is 3. The number of esters is 1. The average Bonchev–Trinajstić information content (AvgIpc) is 3.18. The lowest BCUT2D eigenvalue weighted by Gasteiger charge is -2.40. The minimum absolute atomic E-state index is 0.0289. The third-order valence-corrected chi connectivity index (χ3v) is 9.08. The Balaban J connectivity index is 1.33. The second kappa shape index (κ2) is 15.2. The van der Waals surface area contributed by atoms with Gasteiger partial charge in [0.2, 0.25) is 12.0 Å². The van der Waals surface area contributed by atoms with Gasteiger partial charge in [-0.2, -0.15) is 0 Å². The normalized spacial score (nSPS) is 19.7. The summed E-state index contributed by atoms with van der Waals surface area (Å²) in [7, 11) is 2.63. The summed E-state index contributed by atoms with van der Waals surface area (Å²) in [6.45, 7) is -0.580. The zero-order chi connectivity index (χ0) is 39.8. The van der Waals surface area contributed by atoms with Crippen LogP contribution in [0.5, 0.6) is 40.2 Å². The van der Waals surface area contributed by atoms with E-state index >= 15 is 0 Å². The summed E-state index contributed by atoms with van der Waals surface area (Å²) >= 11 is 0. The Bertz CT molecular complexity index is 2490. The molecule has 1 aliphatic heterocycles. The first-order valence-corrected chi connectivity index (χ1v) is 16.9. The zero-order valence-electron chi connectivity index (χ0n) is 29.5. The first-order chi connectivity index (χ1) is 26.8. The molecule has 0 unspecified atom stereocenters. The Morgan fingerprint density at radius 3 is 2.12 bits per heavy atom. The molecule has 1 saturated heterocycles. The largest absolute Gasteiger partial charge is 0.508 e. The van der Waals surface area contributed by atoms with Gasteiger partial charge in [-0.1, -0.05) is 12.1 Å². The SMILES string of the molecule is COc1cc(-c2oc3cc(=[OH+])cc4oc(-c5ccc(O)c(O)c5)cc(c2O[C@@H]2O[C@H](COC(=O)C=Cc5ccc(O)cc5)[C@@H](O)[C@H](O)[C@H]2O)c43)cc(OC)c1O. The van der Waals surface area contributed by atoms with Crippen molar-refractivity contribution >= 4 is 34.0 Å². The van der Waals surface area contributed by atoms with E-state index in [1.807, 2.05) is 0 Å². The minimum atomic E-state index is -1.89. The molecule has 0 saturated carbocycles. The number of methoxy groups -OCH3 is 2. The molecule has 0 radical (unpaired) electrons. The number of phenols is 4. The predicted molar refractivity (Wildman–Crippen MR) is 195 cm³/mol. The molecule has 0 amide bonds. The van der Waals surface area contributed by atoms with Crippen LogP contribution in [0.3, 0.4) is 0 Å². The summed E-state index contributed by atoms with van der Waals surface area (Å²) < 4.78 is 40.8. The number of hydrogen-bond donors (Lipinski definition) is 7. The first kappa shape index (κ1) is 37.6. The lowest BCUT2D eigenvalue weighted by molar-refractivity contribution is -0.278. The van der Waals surface area contributed by atoms with Crippen molar-refractivity contribution in [3.8, 4) is 62.9 Å². The Morgan fingerprint density at radius 2 is 1.46 bits per heavy atom. The third-order valence-electron chi connectivity index (χ3n) is 9.08. The number of aliphatic hydroxyl groups is 3. The lowest BCUT2D eigenvalue weighted by Crippen LogP contribution is -2.60. The molecule has 5 atom stereocenters. The molecule has 56 heavy (non-hydrogen) atoms. The van der Waals surface area contributed by atoms with Gasteiger partial charge in [-0.3, -0.25) is 4.79 Å². The number of ether oxygens (including phenoxy) is 5. The molecule has 0 bridgehead atoms. The van der Waals surface area contributed by atoms with Crippen molar-refractivity contribution in [2.24, 2.45) is 0 Å². The molecule has 16 heteroatoms. The van der Waals surface area contributed by atoms with Gasteiger partial charge in [-0.15, -0.1) is 0 Å². The Labute approximate surface area is 315 Å². The highest BCUT2D eigenvalue weighted by atomic mass is 16.7. The molecule has 16 nitrogen and oxygen atoms in total. The van der Waals surface area contributed by atoms with E-state index < -0.39 is 49.0 Å². The van der Waals surface area contributed by atoms with Crippen molar-refractivity contribution in [2.45, 2.75) is 30.7 Å². The van der Waals surface area contributed by atoms with E-state index in [4.69, 9.17) is 32.5 Å². The van der Waals surface area contributed by atoms with Gasteiger partial charge in [0.1, 0.15) is 53.7 Å². The van der Waals surface area contributed by atoms with E-state index in [0.717, 1.165) is 6.08 Å². The fraction of sp³-hybridized carbons (Fsp3) is 0.200. The molecule has 6 aromatic rings. The summed E-state index contributed by atoms with van der Waals surface area (Å²) in [5, 5.41) is 73.9. The van der Waals surface area contributed by atoms with Crippen LogP contribution >= 0.6 is 0 Å². The van der Waals surface area contributed by atoms with Crippen LogP contribution in [0.15, 0.2) is 87.7 Å². The van der Waals surface area contributed by atoms with Crippen LogP contribution < -0.4 is 19.6 Å².